The third-order valence-corrected chi connectivity index (χ3v) is 5.73. The van der Waals surface area contributed by atoms with Gasteiger partial charge in [0.15, 0.2) is 0 Å². The minimum atomic E-state index is -1.12. The van der Waals surface area contributed by atoms with E-state index in [9.17, 15) is 18.0 Å². The first-order valence-corrected chi connectivity index (χ1v) is 8.25. The number of hydrogen-bond acceptors (Lipinski definition) is 2. The molecule has 1 unspecified atom stereocenters. The zero-order chi connectivity index (χ0) is 16.7. The molecule has 0 N–H and O–H groups in total. The van der Waals surface area contributed by atoms with E-state index in [1.807, 2.05) is 0 Å². The lowest BCUT2D eigenvalue weighted by Gasteiger charge is -2.64. The molecule has 0 spiro atoms. The van der Waals surface area contributed by atoms with Crippen LogP contribution in [0.2, 0.25) is 0 Å². The number of nitrogens with zero attached hydrogens (tertiary/aromatic N) is 3. The summed E-state index contributed by atoms with van der Waals surface area (Å²) >= 11 is 0. The van der Waals surface area contributed by atoms with E-state index >= 15 is 0 Å². The zero-order valence-electron chi connectivity index (χ0n) is 12.9. The Morgan fingerprint density at radius 1 is 1.12 bits per heavy atom. The second-order valence-electron chi connectivity index (χ2n) is 7.50. The molecule has 1 aromatic heterocycles. The lowest BCUT2D eigenvalue weighted by atomic mass is 9.47. The third-order valence-electron chi connectivity index (χ3n) is 5.73. The average molecular weight is 335 g/mol. The van der Waals surface area contributed by atoms with Crippen LogP contribution in [0.15, 0.2) is 23.0 Å². The predicted octanol–water partition coefficient (Wildman–Crippen LogP) is 2.85. The van der Waals surface area contributed by atoms with Crippen LogP contribution >= 0.6 is 0 Å². The Labute approximate surface area is 135 Å². The highest BCUT2D eigenvalue weighted by Gasteiger charge is 2.71. The van der Waals surface area contributed by atoms with Gasteiger partial charge in [-0.2, -0.15) is 5.10 Å². The number of hydrogen-bond donors (Lipinski definition) is 0. The standard InChI is InChI=1S/C17H16F3N3O/c18-11-4-10(5-12(19)6-11)13-2-1-3-14-21-23(15(24)22(13)14)17-7-16(20,8-17)9-17/h4-6,13H,1-3,7-9H2. The average Bonchev–Trinajstić information content (AvgIpc) is 2.79. The first-order chi connectivity index (χ1) is 11.4. The fraction of sp³-hybridized carbons (Fsp3) is 0.529. The monoisotopic (exact) mass is 335 g/mol. The normalized spacial score (nSPS) is 33.5. The van der Waals surface area contributed by atoms with Gasteiger partial charge in [0, 0.05) is 31.7 Å². The van der Waals surface area contributed by atoms with Gasteiger partial charge in [-0.15, -0.1) is 0 Å². The van der Waals surface area contributed by atoms with Gasteiger partial charge in [0.1, 0.15) is 23.1 Å². The number of benzene rings is 1. The highest BCUT2D eigenvalue weighted by molar-refractivity contribution is 5.26. The second kappa shape index (κ2) is 4.32. The van der Waals surface area contributed by atoms with Gasteiger partial charge in [-0.25, -0.2) is 22.6 Å². The van der Waals surface area contributed by atoms with Crippen molar-refractivity contribution in [3.63, 3.8) is 0 Å². The Hall–Kier alpha value is -2.05. The van der Waals surface area contributed by atoms with Gasteiger partial charge >= 0.3 is 5.69 Å². The minimum Gasteiger partial charge on any atom is -0.271 e. The van der Waals surface area contributed by atoms with Crippen LogP contribution in [0, 0.1) is 11.6 Å². The Balaban J connectivity index is 1.61. The Morgan fingerprint density at radius 2 is 1.79 bits per heavy atom. The fourth-order valence-corrected chi connectivity index (χ4v) is 4.72. The van der Waals surface area contributed by atoms with Crippen LogP contribution in [-0.4, -0.2) is 20.0 Å². The van der Waals surface area contributed by atoms with Crippen molar-refractivity contribution in [2.75, 3.05) is 0 Å². The molecule has 2 aromatic rings. The molecule has 2 heterocycles. The van der Waals surface area contributed by atoms with Gasteiger partial charge in [0.05, 0.1) is 11.6 Å². The van der Waals surface area contributed by atoms with Crippen LogP contribution in [-0.2, 0) is 12.0 Å². The summed E-state index contributed by atoms with van der Waals surface area (Å²) < 4.78 is 43.9. The van der Waals surface area contributed by atoms with Crippen molar-refractivity contribution in [1.29, 1.82) is 0 Å². The summed E-state index contributed by atoms with van der Waals surface area (Å²) in [4.78, 5) is 12.9. The number of fused-ring (bicyclic) bond motifs is 1. The van der Waals surface area contributed by atoms with Gasteiger partial charge in [-0.05, 0) is 30.5 Å². The summed E-state index contributed by atoms with van der Waals surface area (Å²) in [7, 11) is 0. The van der Waals surface area contributed by atoms with Crippen LogP contribution in [0.25, 0.3) is 0 Å². The highest BCUT2D eigenvalue weighted by Crippen LogP contribution is 2.66. The van der Waals surface area contributed by atoms with Crippen LogP contribution in [0.3, 0.4) is 0 Å². The van der Waals surface area contributed by atoms with E-state index in [1.165, 1.54) is 16.8 Å². The van der Waals surface area contributed by atoms with Crippen molar-refractivity contribution in [1.82, 2.24) is 14.3 Å². The van der Waals surface area contributed by atoms with E-state index in [0.717, 1.165) is 12.5 Å². The highest BCUT2D eigenvalue weighted by atomic mass is 19.1. The molecule has 24 heavy (non-hydrogen) atoms. The maximum atomic E-state index is 13.8. The van der Waals surface area contributed by atoms with Crippen molar-refractivity contribution >= 4 is 0 Å². The third kappa shape index (κ3) is 1.75. The Bertz CT molecular complexity index is 876. The molecule has 0 saturated heterocycles. The summed E-state index contributed by atoms with van der Waals surface area (Å²) in [6, 6.07) is 2.93. The van der Waals surface area contributed by atoms with E-state index in [4.69, 9.17) is 0 Å². The van der Waals surface area contributed by atoms with Crippen molar-refractivity contribution in [3.05, 3.63) is 51.7 Å². The van der Waals surface area contributed by atoms with E-state index in [-0.39, 0.29) is 5.69 Å². The first-order valence-electron chi connectivity index (χ1n) is 8.25. The number of aryl methyl sites for hydroxylation is 1. The molecule has 126 valence electrons. The molecular weight excluding hydrogens is 319 g/mol. The summed E-state index contributed by atoms with van der Waals surface area (Å²) in [5.74, 6) is -0.689. The summed E-state index contributed by atoms with van der Waals surface area (Å²) in [5, 5.41) is 4.45. The van der Waals surface area contributed by atoms with Crippen LogP contribution in [0.1, 0.15) is 49.5 Å². The summed E-state index contributed by atoms with van der Waals surface area (Å²) in [6.45, 7) is 0. The first kappa shape index (κ1) is 14.3. The number of halogens is 3. The van der Waals surface area contributed by atoms with Crippen molar-refractivity contribution < 1.29 is 13.2 Å². The van der Waals surface area contributed by atoms with Crippen LogP contribution < -0.4 is 5.69 Å². The summed E-state index contributed by atoms with van der Waals surface area (Å²) in [6.07, 6.45) is 3.09. The molecule has 3 aliphatic carbocycles. The van der Waals surface area contributed by atoms with Gasteiger partial charge in [-0.1, -0.05) is 0 Å². The zero-order valence-corrected chi connectivity index (χ0v) is 12.9. The van der Waals surface area contributed by atoms with Crippen molar-refractivity contribution in [3.8, 4) is 0 Å². The molecule has 3 saturated carbocycles. The fourth-order valence-electron chi connectivity index (χ4n) is 4.72. The van der Waals surface area contributed by atoms with Crippen molar-refractivity contribution in [2.45, 2.75) is 55.8 Å². The van der Waals surface area contributed by atoms with Gasteiger partial charge in [0.2, 0.25) is 0 Å². The molecule has 0 amide bonds. The van der Waals surface area contributed by atoms with Crippen molar-refractivity contribution in [2.24, 2.45) is 0 Å². The molecule has 2 bridgehead atoms. The largest absolute Gasteiger partial charge is 0.347 e. The Kier molecular flexibility index (Phi) is 2.57. The minimum absolute atomic E-state index is 0.291. The van der Waals surface area contributed by atoms with Crippen LogP contribution in [0.5, 0.6) is 0 Å². The number of rotatable bonds is 2. The van der Waals surface area contributed by atoms with E-state index in [2.05, 4.69) is 5.10 Å². The van der Waals surface area contributed by atoms with Gasteiger partial charge in [-0.3, -0.25) is 4.57 Å². The predicted molar refractivity (Wildman–Crippen MR) is 79.6 cm³/mol. The molecule has 1 atom stereocenters. The molecule has 3 fully saturated rings. The number of aromatic nitrogens is 3. The maximum absolute atomic E-state index is 13.8. The molecule has 7 heteroatoms. The quantitative estimate of drug-likeness (QED) is 0.847. The molecule has 6 rings (SSSR count). The molecule has 1 aliphatic heterocycles. The molecule has 4 nitrogen and oxygen atoms in total. The van der Waals surface area contributed by atoms with Crippen LogP contribution in [0.4, 0.5) is 13.2 Å². The lowest BCUT2D eigenvalue weighted by molar-refractivity contribution is -0.205. The van der Waals surface area contributed by atoms with E-state index in [0.29, 0.717) is 43.5 Å². The lowest BCUT2D eigenvalue weighted by Crippen LogP contribution is -2.72. The van der Waals surface area contributed by atoms with Gasteiger partial charge in [0.25, 0.3) is 0 Å². The molecule has 1 aromatic carbocycles. The van der Waals surface area contributed by atoms with E-state index < -0.39 is 28.9 Å². The van der Waals surface area contributed by atoms with E-state index in [1.54, 1.807) is 4.57 Å². The number of alkyl halides is 1. The SMILES string of the molecule is O=c1n(C23CC(F)(C2)C3)nc2n1C(c1cc(F)cc(F)c1)CCC2. The Morgan fingerprint density at radius 3 is 2.42 bits per heavy atom. The molecule has 4 aliphatic rings. The maximum Gasteiger partial charge on any atom is 0.347 e. The molecule has 0 radical (unpaired) electrons. The van der Waals surface area contributed by atoms with Gasteiger partial charge < -0.3 is 0 Å². The topological polar surface area (TPSA) is 39.8 Å². The second-order valence-corrected chi connectivity index (χ2v) is 7.50. The summed E-state index contributed by atoms with van der Waals surface area (Å²) in [5.41, 5.74) is -1.45. The smallest absolute Gasteiger partial charge is 0.271 e. The molecular formula is C17H16F3N3O.